The van der Waals surface area contributed by atoms with Gasteiger partial charge < -0.3 is 5.32 Å². The number of hydrogen-bond acceptors (Lipinski definition) is 5. The quantitative estimate of drug-likeness (QED) is 0.445. The van der Waals surface area contributed by atoms with Gasteiger partial charge in [0.1, 0.15) is 5.69 Å². The second kappa shape index (κ2) is 7.71. The lowest BCUT2D eigenvalue weighted by Gasteiger charge is -2.05. The van der Waals surface area contributed by atoms with Gasteiger partial charge in [0.25, 0.3) is 5.91 Å². The number of anilines is 1. The Bertz CT molecular complexity index is 955. The lowest BCUT2D eigenvalue weighted by Crippen LogP contribution is -2.14. The number of rotatable bonds is 5. The van der Waals surface area contributed by atoms with Gasteiger partial charge in [0.2, 0.25) is 5.69 Å². The summed E-state index contributed by atoms with van der Waals surface area (Å²) in [7, 11) is 0. The van der Waals surface area contributed by atoms with E-state index in [1.54, 1.807) is 23.9 Å². The Hall–Kier alpha value is -2.65. The summed E-state index contributed by atoms with van der Waals surface area (Å²) in [5.41, 5.74) is 0.220. The molecule has 3 rings (SSSR count). The maximum absolute atomic E-state index is 12.3. The van der Waals surface area contributed by atoms with Crippen molar-refractivity contribution in [1.29, 1.82) is 0 Å². The number of aromatic amines is 1. The highest BCUT2D eigenvalue weighted by Crippen LogP contribution is 2.29. The zero-order valence-corrected chi connectivity index (χ0v) is 15.9. The van der Waals surface area contributed by atoms with Crippen LogP contribution in [0.25, 0.3) is 0 Å². The molecule has 0 saturated carbocycles. The van der Waals surface area contributed by atoms with E-state index in [4.69, 9.17) is 0 Å². The van der Waals surface area contributed by atoms with Gasteiger partial charge in [0.15, 0.2) is 0 Å². The molecule has 3 aromatic rings. The van der Waals surface area contributed by atoms with Gasteiger partial charge in [-0.2, -0.15) is 5.10 Å². The van der Waals surface area contributed by atoms with Crippen LogP contribution in [-0.2, 0) is 0 Å². The molecular formula is C17H13BrN4O3S. The molecule has 0 atom stereocenters. The highest BCUT2D eigenvalue weighted by Gasteiger charge is 2.27. The molecule has 2 aromatic carbocycles. The van der Waals surface area contributed by atoms with Crippen LogP contribution in [0.15, 0.2) is 62.8 Å². The smallest absolute Gasteiger partial charge is 0.320 e. The third-order valence-electron chi connectivity index (χ3n) is 3.47. The zero-order valence-electron chi connectivity index (χ0n) is 13.5. The molecule has 1 amide bonds. The molecule has 0 aliphatic heterocycles. The number of amides is 1. The van der Waals surface area contributed by atoms with Crippen molar-refractivity contribution < 1.29 is 9.72 Å². The molecule has 1 aromatic heterocycles. The molecule has 0 saturated heterocycles. The van der Waals surface area contributed by atoms with E-state index in [1.807, 2.05) is 36.4 Å². The molecule has 0 spiro atoms. The van der Waals surface area contributed by atoms with Crippen LogP contribution in [0, 0.1) is 17.0 Å². The maximum Gasteiger partial charge on any atom is 0.322 e. The van der Waals surface area contributed by atoms with Gasteiger partial charge >= 0.3 is 5.69 Å². The molecule has 0 fully saturated rings. The summed E-state index contributed by atoms with van der Waals surface area (Å²) < 4.78 is 1.02. The number of hydrogen-bond donors (Lipinski definition) is 2. The molecular weight excluding hydrogens is 420 g/mol. The summed E-state index contributed by atoms with van der Waals surface area (Å²) >= 11 is 4.99. The first-order chi connectivity index (χ1) is 12.4. The van der Waals surface area contributed by atoms with E-state index in [9.17, 15) is 14.9 Å². The van der Waals surface area contributed by atoms with Gasteiger partial charge in [0, 0.05) is 20.0 Å². The first kappa shape index (κ1) is 18.2. The first-order valence-electron chi connectivity index (χ1n) is 7.48. The van der Waals surface area contributed by atoms with Crippen LogP contribution in [0.1, 0.15) is 16.2 Å². The van der Waals surface area contributed by atoms with Crippen LogP contribution in [0.4, 0.5) is 11.4 Å². The molecule has 0 aliphatic rings. The van der Waals surface area contributed by atoms with Crippen LogP contribution in [0.3, 0.4) is 0 Å². The number of carbonyl (C=O) groups excluding carboxylic acids is 1. The van der Waals surface area contributed by atoms with Crippen LogP contribution < -0.4 is 5.32 Å². The second-order valence-corrected chi connectivity index (χ2v) is 7.40. The predicted molar refractivity (Wildman–Crippen MR) is 103 cm³/mol. The Morgan fingerprint density at radius 3 is 2.31 bits per heavy atom. The maximum atomic E-state index is 12.3. The molecule has 0 radical (unpaired) electrons. The van der Waals surface area contributed by atoms with Gasteiger partial charge in [-0.3, -0.25) is 20.0 Å². The van der Waals surface area contributed by atoms with E-state index in [2.05, 4.69) is 31.4 Å². The number of benzene rings is 2. The standard InChI is InChI=1S/C17H13BrN4O3S/c1-10-16(22(24)25)15(21-20-10)17(23)19-12-4-8-14(9-5-12)26-13-6-2-11(18)3-7-13/h2-9H,1H3,(H,19,23)(H,20,21). The third kappa shape index (κ3) is 4.12. The molecule has 0 aliphatic carbocycles. The number of halogens is 1. The fourth-order valence-corrected chi connectivity index (χ4v) is 3.32. The molecule has 9 heteroatoms. The average Bonchev–Trinajstić information content (AvgIpc) is 3.00. The van der Waals surface area contributed by atoms with Crippen molar-refractivity contribution in [2.75, 3.05) is 5.32 Å². The lowest BCUT2D eigenvalue weighted by atomic mass is 10.2. The summed E-state index contributed by atoms with van der Waals surface area (Å²) in [4.78, 5) is 24.8. The van der Waals surface area contributed by atoms with Gasteiger partial charge in [-0.25, -0.2) is 0 Å². The average molecular weight is 433 g/mol. The molecule has 1 heterocycles. The molecule has 7 nitrogen and oxygen atoms in total. The Morgan fingerprint density at radius 1 is 1.15 bits per heavy atom. The van der Waals surface area contributed by atoms with Crippen LogP contribution >= 0.6 is 27.7 Å². The molecule has 132 valence electrons. The van der Waals surface area contributed by atoms with E-state index in [-0.39, 0.29) is 17.1 Å². The number of H-pyrrole nitrogens is 1. The van der Waals surface area contributed by atoms with Crippen molar-refractivity contribution in [3.63, 3.8) is 0 Å². The van der Waals surface area contributed by atoms with Gasteiger partial charge in [-0.05, 0) is 55.5 Å². The number of carbonyl (C=O) groups is 1. The predicted octanol–water partition coefficient (Wildman–Crippen LogP) is 4.79. The van der Waals surface area contributed by atoms with E-state index in [1.165, 1.54) is 6.92 Å². The topological polar surface area (TPSA) is 101 Å². The molecule has 0 unspecified atom stereocenters. The van der Waals surface area contributed by atoms with Crippen LogP contribution in [0.5, 0.6) is 0 Å². The van der Waals surface area contributed by atoms with E-state index >= 15 is 0 Å². The number of aromatic nitrogens is 2. The fraction of sp³-hybridized carbons (Fsp3) is 0.0588. The van der Waals surface area contributed by atoms with Crippen molar-refractivity contribution in [2.45, 2.75) is 16.7 Å². The van der Waals surface area contributed by atoms with Crippen LogP contribution in [-0.4, -0.2) is 21.0 Å². The minimum atomic E-state index is -0.630. The van der Waals surface area contributed by atoms with E-state index in [0.29, 0.717) is 5.69 Å². The number of nitro groups is 1. The fourth-order valence-electron chi connectivity index (χ4n) is 2.24. The van der Waals surface area contributed by atoms with E-state index in [0.717, 1.165) is 14.3 Å². The monoisotopic (exact) mass is 432 g/mol. The lowest BCUT2D eigenvalue weighted by molar-refractivity contribution is -0.385. The summed E-state index contributed by atoms with van der Waals surface area (Å²) in [6.07, 6.45) is 0. The van der Waals surface area contributed by atoms with Gasteiger partial charge in [-0.15, -0.1) is 0 Å². The third-order valence-corrected chi connectivity index (χ3v) is 5.02. The van der Waals surface area contributed by atoms with Crippen molar-refractivity contribution in [3.8, 4) is 0 Å². The zero-order chi connectivity index (χ0) is 18.7. The SMILES string of the molecule is Cc1[nH]nc(C(=O)Nc2ccc(Sc3ccc(Br)cc3)cc2)c1[N+](=O)[O-]. The number of nitrogens with zero attached hydrogens (tertiary/aromatic N) is 2. The summed E-state index contributed by atoms with van der Waals surface area (Å²) in [5, 5.41) is 19.9. The minimum absolute atomic E-state index is 0.235. The summed E-state index contributed by atoms with van der Waals surface area (Å²) in [6.45, 7) is 1.50. The van der Waals surface area contributed by atoms with Crippen molar-refractivity contribution in [3.05, 3.63) is 74.5 Å². The second-order valence-electron chi connectivity index (χ2n) is 5.34. The summed E-state index contributed by atoms with van der Waals surface area (Å²) in [6, 6.07) is 15.2. The normalized spacial score (nSPS) is 10.5. The minimum Gasteiger partial charge on any atom is -0.320 e. The molecule has 2 N–H and O–H groups in total. The largest absolute Gasteiger partial charge is 0.322 e. The first-order valence-corrected chi connectivity index (χ1v) is 9.09. The van der Waals surface area contributed by atoms with Gasteiger partial charge in [0.05, 0.1) is 4.92 Å². The Kier molecular flexibility index (Phi) is 5.38. The van der Waals surface area contributed by atoms with Crippen molar-refractivity contribution in [1.82, 2.24) is 10.2 Å². The highest BCUT2D eigenvalue weighted by molar-refractivity contribution is 9.10. The van der Waals surface area contributed by atoms with Crippen molar-refractivity contribution >= 4 is 45.0 Å². The Balaban J connectivity index is 1.70. The van der Waals surface area contributed by atoms with E-state index < -0.39 is 10.8 Å². The van der Waals surface area contributed by atoms with Crippen molar-refractivity contribution in [2.24, 2.45) is 0 Å². The highest BCUT2D eigenvalue weighted by atomic mass is 79.9. The Morgan fingerprint density at radius 2 is 1.73 bits per heavy atom. The Labute approximate surface area is 161 Å². The van der Waals surface area contributed by atoms with Gasteiger partial charge in [-0.1, -0.05) is 27.7 Å². The molecule has 26 heavy (non-hydrogen) atoms. The number of aryl methyl sites for hydroxylation is 1. The summed E-state index contributed by atoms with van der Waals surface area (Å²) in [5.74, 6) is -0.630. The number of nitrogens with one attached hydrogen (secondary N) is 2. The van der Waals surface area contributed by atoms with Crippen LogP contribution in [0.2, 0.25) is 0 Å². The molecule has 0 bridgehead atoms.